The minimum atomic E-state index is 0.876. The van der Waals surface area contributed by atoms with Crippen molar-refractivity contribution in [2.45, 2.75) is 53.0 Å². The number of hydrogen-bond acceptors (Lipinski definition) is 2. The number of hydrogen-bond donors (Lipinski definition) is 1. The molecule has 0 aliphatic carbocycles. The van der Waals surface area contributed by atoms with E-state index in [0.29, 0.717) is 0 Å². The Kier molecular flexibility index (Phi) is 5.90. The lowest BCUT2D eigenvalue weighted by Gasteiger charge is -2.35. The zero-order chi connectivity index (χ0) is 14.4. The Morgan fingerprint density at radius 1 is 1.30 bits per heavy atom. The Balaban J connectivity index is 2.12. The normalized spacial score (nSPS) is 19.4. The lowest BCUT2D eigenvalue weighted by atomic mass is 9.94. The first-order chi connectivity index (χ1) is 9.74. The molecule has 1 heterocycles. The van der Waals surface area contributed by atoms with Gasteiger partial charge in [-0.05, 0) is 50.3 Å². The number of rotatable bonds is 6. The molecule has 1 atom stereocenters. The second-order valence-corrected chi connectivity index (χ2v) is 6.17. The summed E-state index contributed by atoms with van der Waals surface area (Å²) in [5.74, 6) is 0.876. The molecule has 2 rings (SSSR count). The summed E-state index contributed by atoms with van der Waals surface area (Å²) in [7, 11) is 0. The summed E-state index contributed by atoms with van der Waals surface area (Å²) < 4.78 is 0. The predicted octanol–water partition coefficient (Wildman–Crippen LogP) is 4.12. The van der Waals surface area contributed by atoms with Gasteiger partial charge in [-0.1, -0.05) is 38.0 Å². The summed E-state index contributed by atoms with van der Waals surface area (Å²) in [6.07, 6.45) is 5.26. The highest BCUT2D eigenvalue weighted by Gasteiger charge is 2.20. The maximum atomic E-state index is 3.56. The molecule has 0 amide bonds. The van der Waals surface area contributed by atoms with E-state index in [1.54, 1.807) is 0 Å². The summed E-state index contributed by atoms with van der Waals surface area (Å²) in [4.78, 5) is 2.61. The summed E-state index contributed by atoms with van der Waals surface area (Å²) in [5.41, 5.74) is 4.29. The Labute approximate surface area is 124 Å². The Hall–Kier alpha value is -1.02. The van der Waals surface area contributed by atoms with Crippen LogP contribution in [0.4, 0.5) is 5.69 Å². The summed E-state index contributed by atoms with van der Waals surface area (Å²) in [6.45, 7) is 11.3. The number of nitrogens with one attached hydrogen (secondary N) is 1. The fourth-order valence-corrected chi connectivity index (χ4v) is 3.18. The van der Waals surface area contributed by atoms with Crippen molar-refractivity contribution in [3.63, 3.8) is 0 Å². The van der Waals surface area contributed by atoms with Gasteiger partial charge in [0.15, 0.2) is 0 Å². The third kappa shape index (κ3) is 3.99. The van der Waals surface area contributed by atoms with Crippen LogP contribution in [-0.4, -0.2) is 19.6 Å². The molecule has 2 nitrogen and oxygen atoms in total. The molecule has 1 aromatic carbocycles. The maximum Gasteiger partial charge on any atom is 0.0412 e. The molecule has 112 valence electrons. The van der Waals surface area contributed by atoms with Gasteiger partial charge in [0.1, 0.15) is 0 Å². The molecule has 20 heavy (non-hydrogen) atoms. The molecule has 1 fully saturated rings. The van der Waals surface area contributed by atoms with E-state index < -0.39 is 0 Å². The van der Waals surface area contributed by atoms with Gasteiger partial charge in [0, 0.05) is 25.3 Å². The van der Waals surface area contributed by atoms with Crippen LogP contribution in [-0.2, 0) is 6.54 Å². The van der Waals surface area contributed by atoms with Gasteiger partial charge >= 0.3 is 0 Å². The molecule has 1 unspecified atom stereocenters. The maximum absolute atomic E-state index is 3.56. The van der Waals surface area contributed by atoms with E-state index in [-0.39, 0.29) is 0 Å². The van der Waals surface area contributed by atoms with Gasteiger partial charge in [-0.15, -0.1) is 0 Å². The van der Waals surface area contributed by atoms with Crippen LogP contribution in [0.3, 0.4) is 0 Å². The third-order valence-electron chi connectivity index (χ3n) is 4.41. The zero-order valence-electron chi connectivity index (χ0n) is 13.4. The zero-order valence-corrected chi connectivity index (χ0v) is 13.4. The molecule has 0 aromatic heterocycles. The number of aryl methyl sites for hydroxylation is 1. The first kappa shape index (κ1) is 15.4. The average Bonchev–Trinajstić information content (AvgIpc) is 2.48. The number of piperidine rings is 1. The van der Waals surface area contributed by atoms with E-state index in [0.717, 1.165) is 19.0 Å². The summed E-state index contributed by atoms with van der Waals surface area (Å²) >= 11 is 0. The van der Waals surface area contributed by atoms with Crippen molar-refractivity contribution in [2.75, 3.05) is 24.5 Å². The second-order valence-electron chi connectivity index (χ2n) is 6.17. The van der Waals surface area contributed by atoms with Crippen molar-refractivity contribution in [3.8, 4) is 0 Å². The fraction of sp³-hybridized carbons (Fsp3) is 0.667. The highest BCUT2D eigenvalue weighted by molar-refractivity contribution is 5.55. The quantitative estimate of drug-likeness (QED) is 0.785. The third-order valence-corrected chi connectivity index (χ3v) is 4.41. The minimum absolute atomic E-state index is 0.876. The molecular weight excluding hydrogens is 244 g/mol. The van der Waals surface area contributed by atoms with Crippen LogP contribution in [0, 0.1) is 12.8 Å². The van der Waals surface area contributed by atoms with E-state index in [1.807, 2.05) is 0 Å². The van der Waals surface area contributed by atoms with Crippen molar-refractivity contribution in [1.29, 1.82) is 0 Å². The van der Waals surface area contributed by atoms with Gasteiger partial charge in [0.2, 0.25) is 0 Å². The molecule has 1 aliphatic rings. The molecule has 0 saturated carbocycles. The first-order valence-electron chi connectivity index (χ1n) is 8.29. The fourth-order valence-electron chi connectivity index (χ4n) is 3.18. The highest BCUT2D eigenvalue weighted by Crippen LogP contribution is 2.28. The van der Waals surface area contributed by atoms with Gasteiger partial charge in [-0.3, -0.25) is 0 Å². The van der Waals surface area contributed by atoms with Crippen molar-refractivity contribution in [2.24, 2.45) is 5.92 Å². The van der Waals surface area contributed by atoms with Gasteiger partial charge in [0.25, 0.3) is 0 Å². The van der Waals surface area contributed by atoms with Gasteiger partial charge < -0.3 is 10.2 Å². The molecule has 2 heteroatoms. The van der Waals surface area contributed by atoms with E-state index in [1.165, 1.54) is 55.6 Å². The molecule has 1 aromatic rings. The van der Waals surface area contributed by atoms with Gasteiger partial charge in [0.05, 0.1) is 0 Å². The molecule has 1 N–H and O–H groups in total. The Morgan fingerprint density at radius 2 is 2.15 bits per heavy atom. The van der Waals surface area contributed by atoms with Gasteiger partial charge in [-0.2, -0.15) is 0 Å². The largest absolute Gasteiger partial charge is 0.371 e. The Bertz CT molecular complexity index is 414. The van der Waals surface area contributed by atoms with Crippen LogP contribution in [0.25, 0.3) is 0 Å². The smallest absolute Gasteiger partial charge is 0.0412 e. The number of nitrogens with zero attached hydrogens (tertiary/aromatic N) is 1. The van der Waals surface area contributed by atoms with Crippen LogP contribution in [0.1, 0.15) is 50.7 Å². The first-order valence-corrected chi connectivity index (χ1v) is 8.29. The van der Waals surface area contributed by atoms with Crippen LogP contribution < -0.4 is 10.2 Å². The SMILES string of the molecule is CCCNCc1cc(C)ccc1N1CCCC(CC)C1. The second kappa shape index (κ2) is 7.68. The lowest BCUT2D eigenvalue weighted by Crippen LogP contribution is -2.36. The van der Waals surface area contributed by atoms with Crippen molar-refractivity contribution in [1.82, 2.24) is 5.32 Å². The molecular formula is C18H30N2. The summed E-state index contributed by atoms with van der Waals surface area (Å²) in [5, 5.41) is 3.56. The monoisotopic (exact) mass is 274 g/mol. The number of anilines is 1. The Morgan fingerprint density at radius 3 is 2.90 bits per heavy atom. The molecule has 1 saturated heterocycles. The van der Waals surface area contributed by atoms with E-state index in [4.69, 9.17) is 0 Å². The van der Waals surface area contributed by atoms with Crippen molar-refractivity contribution >= 4 is 5.69 Å². The lowest BCUT2D eigenvalue weighted by molar-refractivity contribution is 0.404. The topological polar surface area (TPSA) is 15.3 Å². The molecule has 1 aliphatic heterocycles. The summed E-state index contributed by atoms with van der Waals surface area (Å²) in [6, 6.07) is 6.94. The van der Waals surface area contributed by atoms with Crippen molar-refractivity contribution in [3.05, 3.63) is 29.3 Å². The van der Waals surface area contributed by atoms with E-state index in [2.05, 4.69) is 49.2 Å². The molecule has 0 bridgehead atoms. The van der Waals surface area contributed by atoms with Crippen LogP contribution in [0.2, 0.25) is 0 Å². The van der Waals surface area contributed by atoms with Gasteiger partial charge in [-0.25, -0.2) is 0 Å². The standard InChI is InChI=1S/C18H30N2/c1-4-10-19-13-17-12-15(3)8-9-18(17)20-11-6-7-16(5-2)14-20/h8-9,12,16,19H,4-7,10-11,13-14H2,1-3H3. The van der Waals surface area contributed by atoms with E-state index >= 15 is 0 Å². The molecule has 0 radical (unpaired) electrons. The van der Waals surface area contributed by atoms with E-state index in [9.17, 15) is 0 Å². The minimum Gasteiger partial charge on any atom is -0.371 e. The predicted molar refractivity (Wildman–Crippen MR) is 88.4 cm³/mol. The van der Waals surface area contributed by atoms with Crippen molar-refractivity contribution < 1.29 is 0 Å². The number of benzene rings is 1. The van der Waals surface area contributed by atoms with Crippen LogP contribution >= 0.6 is 0 Å². The van der Waals surface area contributed by atoms with Crippen LogP contribution in [0.5, 0.6) is 0 Å². The highest BCUT2D eigenvalue weighted by atomic mass is 15.1. The van der Waals surface area contributed by atoms with Crippen LogP contribution in [0.15, 0.2) is 18.2 Å². The molecule has 0 spiro atoms. The average molecular weight is 274 g/mol.